The van der Waals surface area contributed by atoms with Gasteiger partial charge in [0.05, 0.1) is 29.1 Å². The number of hydrogen-bond donors (Lipinski definition) is 1. The number of ether oxygens (including phenoxy) is 1. The van der Waals surface area contributed by atoms with Gasteiger partial charge in [-0.05, 0) is 30.7 Å². The van der Waals surface area contributed by atoms with Crippen molar-refractivity contribution in [1.82, 2.24) is 9.97 Å². The molecule has 152 valence electrons. The third kappa shape index (κ3) is 5.38. The zero-order valence-electron chi connectivity index (χ0n) is 15.5. The predicted octanol–water partition coefficient (Wildman–Crippen LogP) is 5.17. The summed E-state index contributed by atoms with van der Waals surface area (Å²) in [7, 11) is 0. The maximum atomic E-state index is 13.0. The van der Waals surface area contributed by atoms with E-state index in [2.05, 4.69) is 15.3 Å². The van der Waals surface area contributed by atoms with Crippen molar-refractivity contribution in [3.63, 3.8) is 0 Å². The molecule has 0 aliphatic rings. The summed E-state index contributed by atoms with van der Waals surface area (Å²) in [5, 5.41) is 3.95. The molecule has 29 heavy (non-hydrogen) atoms. The number of amides is 1. The number of nitrogens with one attached hydrogen (secondary N) is 1. The number of halogens is 3. The second kappa shape index (κ2) is 9.13. The normalized spacial score (nSPS) is 11.4. The topological polar surface area (TPSA) is 64.1 Å². The molecule has 0 fully saturated rings. The highest BCUT2D eigenvalue weighted by Gasteiger charge is 2.31. The average Bonchev–Trinajstić information content (AvgIpc) is 2.70. The molecule has 1 aromatic heterocycles. The van der Waals surface area contributed by atoms with Gasteiger partial charge in [-0.1, -0.05) is 36.9 Å². The second-order valence-corrected chi connectivity index (χ2v) is 7.05. The number of nitrogens with zero attached hydrogens (tertiary/aromatic N) is 2. The fourth-order valence-corrected chi connectivity index (χ4v) is 3.35. The Morgan fingerprint density at radius 1 is 1.17 bits per heavy atom. The number of fused-ring (bicyclic) bond motifs is 1. The van der Waals surface area contributed by atoms with Crippen molar-refractivity contribution in [3.05, 3.63) is 54.4 Å². The van der Waals surface area contributed by atoms with E-state index in [1.54, 1.807) is 0 Å². The number of thioether (sulfide) groups is 1. The fourth-order valence-electron chi connectivity index (χ4n) is 2.56. The number of carbonyl (C=O) groups excluding carboxylic acids is 1. The molecule has 1 heterocycles. The molecule has 1 amide bonds. The van der Waals surface area contributed by atoms with Crippen LogP contribution in [-0.4, -0.2) is 28.2 Å². The molecule has 5 nitrogen and oxygen atoms in total. The summed E-state index contributed by atoms with van der Waals surface area (Å²) < 4.78 is 44.6. The van der Waals surface area contributed by atoms with Crippen molar-refractivity contribution in [3.8, 4) is 5.75 Å². The number of hydrogen-bond acceptors (Lipinski definition) is 5. The first-order valence-electron chi connectivity index (χ1n) is 8.85. The Kier molecular flexibility index (Phi) is 6.58. The lowest BCUT2D eigenvalue weighted by Crippen LogP contribution is -2.16. The number of para-hydroxylation sites is 1. The molecule has 0 aliphatic heterocycles. The van der Waals surface area contributed by atoms with Crippen LogP contribution >= 0.6 is 11.8 Å². The zero-order valence-corrected chi connectivity index (χ0v) is 16.3. The summed E-state index contributed by atoms with van der Waals surface area (Å²) in [6.07, 6.45) is -2.42. The maximum Gasteiger partial charge on any atom is 0.416 e. The Morgan fingerprint density at radius 3 is 2.72 bits per heavy atom. The Morgan fingerprint density at radius 2 is 1.97 bits per heavy atom. The fraction of sp³-hybridized carbons (Fsp3) is 0.250. The summed E-state index contributed by atoms with van der Waals surface area (Å²) in [6, 6.07) is 10.4. The van der Waals surface area contributed by atoms with Crippen molar-refractivity contribution in [2.24, 2.45) is 0 Å². The molecule has 2 aromatic carbocycles. The molecule has 0 bridgehead atoms. The van der Waals surface area contributed by atoms with Gasteiger partial charge in [0, 0.05) is 5.39 Å². The summed E-state index contributed by atoms with van der Waals surface area (Å²) in [6.45, 7) is 2.21. The van der Waals surface area contributed by atoms with Crippen LogP contribution in [0.5, 0.6) is 5.75 Å². The van der Waals surface area contributed by atoms with E-state index >= 15 is 0 Å². The highest BCUT2D eigenvalue weighted by atomic mass is 32.2. The molecule has 0 atom stereocenters. The van der Waals surface area contributed by atoms with E-state index in [4.69, 9.17) is 4.74 Å². The molecule has 0 aliphatic carbocycles. The first kappa shape index (κ1) is 20.9. The summed E-state index contributed by atoms with van der Waals surface area (Å²) in [5.74, 6) is -0.283. The Hall–Kier alpha value is -2.81. The summed E-state index contributed by atoms with van der Waals surface area (Å²) >= 11 is 1.18. The van der Waals surface area contributed by atoms with Crippen molar-refractivity contribution in [2.75, 3.05) is 17.7 Å². The van der Waals surface area contributed by atoms with E-state index in [1.807, 2.05) is 31.2 Å². The van der Waals surface area contributed by atoms with Crippen LogP contribution < -0.4 is 10.1 Å². The van der Waals surface area contributed by atoms with Crippen LogP contribution in [0.4, 0.5) is 18.9 Å². The van der Waals surface area contributed by atoms with Crippen molar-refractivity contribution >= 4 is 34.3 Å². The lowest BCUT2D eigenvalue weighted by Gasteiger charge is -2.15. The van der Waals surface area contributed by atoms with Gasteiger partial charge in [0.15, 0.2) is 0 Å². The highest BCUT2D eigenvalue weighted by Crippen LogP contribution is 2.35. The van der Waals surface area contributed by atoms with Gasteiger partial charge in [-0.3, -0.25) is 4.79 Å². The van der Waals surface area contributed by atoms with Gasteiger partial charge in [-0.2, -0.15) is 13.2 Å². The smallest absolute Gasteiger partial charge is 0.416 e. The van der Waals surface area contributed by atoms with Gasteiger partial charge in [-0.25, -0.2) is 9.97 Å². The zero-order chi connectivity index (χ0) is 20.9. The van der Waals surface area contributed by atoms with Gasteiger partial charge in [0.25, 0.3) is 0 Å². The standard InChI is InChI=1S/C20H18F3N3O2S/c1-2-9-28-17-8-7-13(20(21,22)23)10-16(17)26-18(27)11-29-19-14-5-3-4-6-15(14)24-12-25-19/h3-8,10,12H,2,9,11H2,1H3,(H,26,27). The van der Waals surface area contributed by atoms with Crippen molar-refractivity contribution < 1.29 is 22.7 Å². The van der Waals surface area contributed by atoms with E-state index in [9.17, 15) is 18.0 Å². The van der Waals surface area contributed by atoms with E-state index < -0.39 is 17.6 Å². The SMILES string of the molecule is CCCOc1ccc(C(F)(F)F)cc1NC(=O)CSc1ncnc2ccccc12. The molecular formula is C20H18F3N3O2S. The van der Waals surface area contributed by atoms with Crippen LogP contribution in [-0.2, 0) is 11.0 Å². The van der Waals surface area contributed by atoms with Crippen LogP contribution in [0, 0.1) is 0 Å². The van der Waals surface area contributed by atoms with Crippen molar-refractivity contribution in [1.29, 1.82) is 0 Å². The molecule has 9 heteroatoms. The summed E-state index contributed by atoms with van der Waals surface area (Å²) in [4.78, 5) is 20.7. The van der Waals surface area contributed by atoms with Crippen molar-refractivity contribution in [2.45, 2.75) is 24.5 Å². The van der Waals surface area contributed by atoms with Crippen LogP contribution in [0.15, 0.2) is 53.8 Å². The number of aromatic nitrogens is 2. The number of alkyl halides is 3. The van der Waals surface area contributed by atoms with Gasteiger partial charge in [0.2, 0.25) is 5.91 Å². The van der Waals surface area contributed by atoms with E-state index in [0.717, 1.165) is 23.0 Å². The van der Waals surface area contributed by atoms with Gasteiger partial charge in [0.1, 0.15) is 17.1 Å². The second-order valence-electron chi connectivity index (χ2n) is 6.09. The molecule has 0 unspecified atom stereocenters. The molecule has 0 spiro atoms. The van der Waals surface area contributed by atoms with E-state index in [1.165, 1.54) is 24.2 Å². The molecule has 3 aromatic rings. The maximum absolute atomic E-state index is 13.0. The van der Waals surface area contributed by atoms with Crippen LogP contribution in [0.3, 0.4) is 0 Å². The average molecular weight is 421 g/mol. The highest BCUT2D eigenvalue weighted by molar-refractivity contribution is 8.00. The summed E-state index contributed by atoms with van der Waals surface area (Å²) in [5.41, 5.74) is -0.115. The number of carbonyl (C=O) groups is 1. The number of anilines is 1. The Labute approximate surface area is 169 Å². The van der Waals surface area contributed by atoms with Gasteiger partial charge in [-0.15, -0.1) is 0 Å². The third-order valence-electron chi connectivity index (χ3n) is 3.89. The Balaban J connectivity index is 1.75. The molecule has 0 radical (unpaired) electrons. The minimum absolute atomic E-state index is 0.00794. The third-order valence-corrected chi connectivity index (χ3v) is 4.89. The Bertz CT molecular complexity index is 1010. The minimum Gasteiger partial charge on any atom is -0.491 e. The number of benzene rings is 2. The van der Waals surface area contributed by atoms with E-state index in [-0.39, 0.29) is 17.2 Å². The minimum atomic E-state index is -4.52. The van der Waals surface area contributed by atoms with Gasteiger partial charge < -0.3 is 10.1 Å². The van der Waals surface area contributed by atoms with Crippen LogP contribution in [0.2, 0.25) is 0 Å². The number of rotatable bonds is 7. The predicted molar refractivity (Wildman–Crippen MR) is 106 cm³/mol. The molecule has 3 rings (SSSR count). The molecule has 0 saturated carbocycles. The van der Waals surface area contributed by atoms with Crippen LogP contribution in [0.25, 0.3) is 10.9 Å². The van der Waals surface area contributed by atoms with Crippen LogP contribution in [0.1, 0.15) is 18.9 Å². The monoisotopic (exact) mass is 421 g/mol. The largest absolute Gasteiger partial charge is 0.491 e. The molecular weight excluding hydrogens is 403 g/mol. The lowest BCUT2D eigenvalue weighted by molar-refractivity contribution is -0.137. The first-order chi connectivity index (χ1) is 13.9. The quantitative estimate of drug-likeness (QED) is 0.421. The molecule has 1 N–H and O–H groups in total. The molecule has 0 saturated heterocycles. The lowest BCUT2D eigenvalue weighted by atomic mass is 10.1. The first-order valence-corrected chi connectivity index (χ1v) is 9.83. The van der Waals surface area contributed by atoms with E-state index in [0.29, 0.717) is 18.1 Å². The van der Waals surface area contributed by atoms with Gasteiger partial charge >= 0.3 is 6.18 Å².